The second kappa shape index (κ2) is 5.82. The molecule has 0 heterocycles. The molecule has 0 aromatic heterocycles. The van der Waals surface area contributed by atoms with Gasteiger partial charge in [0.1, 0.15) is 0 Å². The van der Waals surface area contributed by atoms with Gasteiger partial charge in [0.25, 0.3) is 0 Å². The first-order valence-corrected chi connectivity index (χ1v) is 5.33. The lowest BCUT2D eigenvalue weighted by Gasteiger charge is -2.12. The third-order valence-corrected chi connectivity index (χ3v) is 2.32. The zero-order valence-corrected chi connectivity index (χ0v) is 9.61. The molecular weight excluding hydrogens is 209 g/mol. The fraction of sp³-hybridized carbons (Fsp3) is 0.500. The Morgan fingerprint density at radius 2 is 2.12 bits per heavy atom. The highest BCUT2D eigenvalue weighted by Crippen LogP contribution is 2.21. The van der Waals surface area contributed by atoms with Crippen molar-refractivity contribution in [1.29, 1.82) is 0 Å². The molecule has 0 aliphatic carbocycles. The first-order chi connectivity index (χ1) is 7.54. The maximum Gasteiger partial charge on any atom is 0.165 e. The van der Waals surface area contributed by atoms with Crippen LogP contribution in [0.4, 0.5) is 4.39 Å². The highest BCUT2D eigenvalue weighted by molar-refractivity contribution is 5.30. The van der Waals surface area contributed by atoms with Gasteiger partial charge >= 0.3 is 0 Å². The SMILES string of the molecule is CC(CO)COc1ccc([C@@H](C)N)cc1F. The minimum Gasteiger partial charge on any atom is -0.490 e. The van der Waals surface area contributed by atoms with Crippen molar-refractivity contribution in [1.82, 2.24) is 0 Å². The van der Waals surface area contributed by atoms with E-state index in [9.17, 15) is 4.39 Å². The molecule has 0 bridgehead atoms. The summed E-state index contributed by atoms with van der Waals surface area (Å²) in [5.74, 6) is -0.225. The number of aliphatic hydroxyl groups excluding tert-OH is 1. The Kier molecular flexibility index (Phi) is 4.71. The second-order valence-corrected chi connectivity index (χ2v) is 4.08. The molecule has 16 heavy (non-hydrogen) atoms. The van der Waals surface area contributed by atoms with Gasteiger partial charge in [0.2, 0.25) is 0 Å². The average molecular weight is 227 g/mol. The van der Waals surface area contributed by atoms with Gasteiger partial charge in [-0.3, -0.25) is 0 Å². The summed E-state index contributed by atoms with van der Waals surface area (Å²) in [4.78, 5) is 0. The van der Waals surface area contributed by atoms with Crippen LogP contribution in [0.2, 0.25) is 0 Å². The normalized spacial score (nSPS) is 14.6. The molecule has 3 nitrogen and oxygen atoms in total. The molecule has 3 N–H and O–H groups in total. The van der Waals surface area contributed by atoms with E-state index in [1.54, 1.807) is 19.1 Å². The van der Waals surface area contributed by atoms with Crippen molar-refractivity contribution in [2.24, 2.45) is 11.7 Å². The number of nitrogens with two attached hydrogens (primary N) is 1. The molecule has 0 aliphatic rings. The van der Waals surface area contributed by atoms with Crippen LogP contribution in [0.3, 0.4) is 0 Å². The summed E-state index contributed by atoms with van der Waals surface area (Å²) < 4.78 is 18.8. The Morgan fingerprint density at radius 1 is 1.44 bits per heavy atom. The van der Waals surface area contributed by atoms with E-state index in [1.807, 2.05) is 6.92 Å². The number of benzene rings is 1. The first kappa shape index (κ1) is 12.9. The van der Waals surface area contributed by atoms with Crippen LogP contribution in [-0.4, -0.2) is 18.3 Å². The molecule has 2 atom stereocenters. The minimum atomic E-state index is -0.417. The summed E-state index contributed by atoms with van der Waals surface area (Å²) in [5, 5.41) is 8.81. The van der Waals surface area contributed by atoms with E-state index < -0.39 is 5.82 Å². The van der Waals surface area contributed by atoms with E-state index in [0.29, 0.717) is 6.61 Å². The smallest absolute Gasteiger partial charge is 0.165 e. The van der Waals surface area contributed by atoms with Crippen LogP contribution in [0.1, 0.15) is 25.5 Å². The van der Waals surface area contributed by atoms with E-state index in [2.05, 4.69) is 0 Å². The van der Waals surface area contributed by atoms with Gasteiger partial charge in [0.15, 0.2) is 11.6 Å². The molecule has 0 aliphatic heterocycles. The Labute approximate surface area is 95.0 Å². The van der Waals surface area contributed by atoms with E-state index in [-0.39, 0.29) is 24.3 Å². The van der Waals surface area contributed by atoms with Gasteiger partial charge < -0.3 is 15.6 Å². The molecule has 0 amide bonds. The Morgan fingerprint density at radius 3 is 2.62 bits per heavy atom. The summed E-state index contributed by atoms with van der Waals surface area (Å²) in [7, 11) is 0. The van der Waals surface area contributed by atoms with Crippen molar-refractivity contribution in [3.05, 3.63) is 29.6 Å². The Bertz CT molecular complexity index is 342. The van der Waals surface area contributed by atoms with Gasteiger partial charge in [-0.05, 0) is 24.6 Å². The molecule has 0 fully saturated rings. The van der Waals surface area contributed by atoms with Crippen molar-refractivity contribution in [3.8, 4) is 5.75 Å². The zero-order valence-electron chi connectivity index (χ0n) is 9.61. The van der Waals surface area contributed by atoms with E-state index in [0.717, 1.165) is 5.56 Å². The third kappa shape index (κ3) is 3.47. The lowest BCUT2D eigenvalue weighted by Crippen LogP contribution is -2.13. The van der Waals surface area contributed by atoms with Gasteiger partial charge in [-0.15, -0.1) is 0 Å². The van der Waals surface area contributed by atoms with Gasteiger partial charge in [-0.25, -0.2) is 4.39 Å². The number of halogens is 1. The lowest BCUT2D eigenvalue weighted by atomic mass is 10.1. The minimum absolute atomic E-state index is 0.00694. The molecule has 1 rings (SSSR count). The lowest BCUT2D eigenvalue weighted by molar-refractivity contribution is 0.171. The van der Waals surface area contributed by atoms with Crippen LogP contribution in [0.25, 0.3) is 0 Å². The third-order valence-electron chi connectivity index (χ3n) is 2.32. The van der Waals surface area contributed by atoms with Crippen molar-refractivity contribution in [3.63, 3.8) is 0 Å². The summed E-state index contributed by atoms with van der Waals surface area (Å²) in [6.07, 6.45) is 0. The van der Waals surface area contributed by atoms with Crippen molar-refractivity contribution >= 4 is 0 Å². The average Bonchev–Trinajstić information content (AvgIpc) is 2.26. The Balaban J connectivity index is 2.68. The molecular formula is C12H18FNO2. The van der Waals surface area contributed by atoms with Gasteiger partial charge in [0.05, 0.1) is 6.61 Å². The summed E-state index contributed by atoms with van der Waals surface area (Å²) >= 11 is 0. The second-order valence-electron chi connectivity index (χ2n) is 4.08. The quantitative estimate of drug-likeness (QED) is 0.807. The number of hydrogen-bond acceptors (Lipinski definition) is 3. The summed E-state index contributed by atoms with van der Waals surface area (Å²) in [5.41, 5.74) is 6.37. The van der Waals surface area contributed by atoms with Crippen LogP contribution in [0.5, 0.6) is 5.75 Å². The molecule has 0 saturated heterocycles. The van der Waals surface area contributed by atoms with Crippen LogP contribution in [0, 0.1) is 11.7 Å². The fourth-order valence-corrected chi connectivity index (χ4v) is 1.20. The molecule has 1 unspecified atom stereocenters. The van der Waals surface area contributed by atoms with E-state index >= 15 is 0 Å². The van der Waals surface area contributed by atoms with Crippen LogP contribution >= 0.6 is 0 Å². The van der Waals surface area contributed by atoms with E-state index in [4.69, 9.17) is 15.6 Å². The van der Waals surface area contributed by atoms with E-state index in [1.165, 1.54) is 6.07 Å². The molecule has 0 radical (unpaired) electrons. The molecule has 1 aromatic carbocycles. The van der Waals surface area contributed by atoms with Crippen LogP contribution in [-0.2, 0) is 0 Å². The number of ether oxygens (including phenoxy) is 1. The zero-order chi connectivity index (χ0) is 12.1. The molecule has 90 valence electrons. The van der Waals surface area contributed by atoms with Crippen LogP contribution in [0.15, 0.2) is 18.2 Å². The fourth-order valence-electron chi connectivity index (χ4n) is 1.20. The van der Waals surface area contributed by atoms with Crippen molar-refractivity contribution in [2.75, 3.05) is 13.2 Å². The monoisotopic (exact) mass is 227 g/mol. The van der Waals surface area contributed by atoms with Gasteiger partial charge in [-0.2, -0.15) is 0 Å². The largest absolute Gasteiger partial charge is 0.490 e. The summed E-state index contributed by atoms with van der Waals surface area (Å²) in [6.45, 7) is 3.95. The molecule has 0 saturated carbocycles. The highest BCUT2D eigenvalue weighted by atomic mass is 19.1. The van der Waals surface area contributed by atoms with Gasteiger partial charge in [0, 0.05) is 18.6 Å². The summed E-state index contributed by atoms with van der Waals surface area (Å²) in [6, 6.07) is 4.49. The predicted octanol–water partition coefficient (Wildman–Crippen LogP) is 1.85. The van der Waals surface area contributed by atoms with Crippen molar-refractivity contribution in [2.45, 2.75) is 19.9 Å². The molecule has 0 spiro atoms. The first-order valence-electron chi connectivity index (χ1n) is 5.33. The number of rotatable bonds is 5. The Hall–Kier alpha value is -1.13. The molecule has 4 heteroatoms. The topological polar surface area (TPSA) is 55.5 Å². The number of hydrogen-bond donors (Lipinski definition) is 2. The maximum absolute atomic E-state index is 13.5. The highest BCUT2D eigenvalue weighted by Gasteiger charge is 2.08. The van der Waals surface area contributed by atoms with Gasteiger partial charge in [-0.1, -0.05) is 13.0 Å². The number of aliphatic hydroxyl groups is 1. The molecule has 1 aromatic rings. The predicted molar refractivity (Wildman–Crippen MR) is 60.7 cm³/mol. The maximum atomic E-state index is 13.5. The standard InChI is InChI=1S/C12H18FNO2/c1-8(6-15)7-16-12-4-3-10(9(2)14)5-11(12)13/h3-5,8-9,15H,6-7,14H2,1-2H3/t8?,9-/m1/s1. The van der Waals surface area contributed by atoms with Crippen molar-refractivity contribution < 1.29 is 14.2 Å². The van der Waals surface area contributed by atoms with Crippen LogP contribution < -0.4 is 10.5 Å².